The number of thiocarbonyl (C=S) groups is 1. The Morgan fingerprint density at radius 2 is 1.15 bits per heavy atom. The second-order valence-electron chi connectivity index (χ2n) is 6.61. The molecule has 0 saturated carbocycles. The number of nitrogens with one attached hydrogen (secondary N) is 1. The Morgan fingerprint density at radius 1 is 0.667 bits per heavy atom. The van der Waals surface area contributed by atoms with Crippen molar-refractivity contribution in [3.8, 4) is 0 Å². The zero-order valence-corrected chi connectivity index (χ0v) is 16.4. The third-order valence-electron chi connectivity index (χ3n) is 4.55. The SMILES string of the molecule is S=C(NCCc1ccccc1)N(CCc1ccccc1)Cc1ccccc1. The van der Waals surface area contributed by atoms with Crippen LogP contribution in [0.4, 0.5) is 0 Å². The largest absolute Gasteiger partial charge is 0.362 e. The third-order valence-corrected chi connectivity index (χ3v) is 4.95. The van der Waals surface area contributed by atoms with E-state index in [0.29, 0.717) is 0 Å². The lowest BCUT2D eigenvalue weighted by Gasteiger charge is -2.26. The molecule has 0 atom stereocenters. The molecule has 0 saturated heterocycles. The van der Waals surface area contributed by atoms with Gasteiger partial charge in [-0.2, -0.15) is 0 Å². The number of hydrogen-bond donors (Lipinski definition) is 1. The summed E-state index contributed by atoms with van der Waals surface area (Å²) in [5, 5.41) is 4.27. The van der Waals surface area contributed by atoms with Crippen molar-refractivity contribution in [2.75, 3.05) is 13.1 Å². The van der Waals surface area contributed by atoms with E-state index in [1.165, 1.54) is 16.7 Å². The minimum atomic E-state index is 0.824. The van der Waals surface area contributed by atoms with Gasteiger partial charge < -0.3 is 10.2 Å². The summed E-state index contributed by atoms with van der Waals surface area (Å²) in [6, 6.07) is 31.6. The van der Waals surface area contributed by atoms with E-state index in [9.17, 15) is 0 Å². The highest BCUT2D eigenvalue weighted by Gasteiger charge is 2.10. The Hall–Kier alpha value is -2.65. The molecule has 0 heterocycles. The van der Waals surface area contributed by atoms with Gasteiger partial charge in [0.2, 0.25) is 0 Å². The molecule has 0 aliphatic carbocycles. The first-order valence-corrected chi connectivity index (χ1v) is 9.86. The van der Waals surface area contributed by atoms with Crippen LogP contribution in [-0.4, -0.2) is 23.1 Å². The van der Waals surface area contributed by atoms with Crippen LogP contribution in [0.15, 0.2) is 91.0 Å². The number of benzene rings is 3. The quantitative estimate of drug-likeness (QED) is 0.568. The van der Waals surface area contributed by atoms with Gasteiger partial charge in [0.05, 0.1) is 0 Å². The average Bonchev–Trinajstić information content (AvgIpc) is 2.73. The predicted molar refractivity (Wildman–Crippen MR) is 118 cm³/mol. The van der Waals surface area contributed by atoms with Crippen molar-refractivity contribution < 1.29 is 0 Å². The van der Waals surface area contributed by atoms with Crippen molar-refractivity contribution in [3.05, 3.63) is 108 Å². The first-order valence-electron chi connectivity index (χ1n) is 9.46. The number of rotatable bonds is 8. The van der Waals surface area contributed by atoms with Crippen LogP contribution in [-0.2, 0) is 19.4 Å². The lowest BCUT2D eigenvalue weighted by atomic mass is 10.1. The molecule has 138 valence electrons. The van der Waals surface area contributed by atoms with Crippen molar-refractivity contribution in [1.29, 1.82) is 0 Å². The molecule has 0 aromatic heterocycles. The molecule has 0 aliphatic rings. The van der Waals surface area contributed by atoms with Crippen LogP contribution in [0.3, 0.4) is 0 Å². The molecular formula is C24H26N2S. The summed E-state index contributed by atoms with van der Waals surface area (Å²) in [5.41, 5.74) is 3.94. The molecule has 2 nitrogen and oxygen atoms in total. The molecule has 3 aromatic carbocycles. The fraction of sp³-hybridized carbons (Fsp3) is 0.208. The van der Waals surface area contributed by atoms with Gasteiger partial charge in [0.1, 0.15) is 0 Å². The second-order valence-corrected chi connectivity index (χ2v) is 7.00. The Morgan fingerprint density at radius 3 is 1.70 bits per heavy atom. The molecule has 0 amide bonds. The van der Waals surface area contributed by atoms with Crippen LogP contribution in [0.5, 0.6) is 0 Å². The summed E-state index contributed by atoms with van der Waals surface area (Å²) in [6.45, 7) is 2.57. The van der Waals surface area contributed by atoms with Crippen LogP contribution < -0.4 is 5.32 Å². The molecule has 0 radical (unpaired) electrons. The maximum Gasteiger partial charge on any atom is 0.169 e. The van der Waals surface area contributed by atoms with Crippen LogP contribution in [0.2, 0.25) is 0 Å². The highest BCUT2D eigenvalue weighted by Crippen LogP contribution is 2.08. The van der Waals surface area contributed by atoms with Gasteiger partial charge in [-0.15, -0.1) is 0 Å². The molecular weight excluding hydrogens is 348 g/mol. The molecule has 0 aliphatic heterocycles. The van der Waals surface area contributed by atoms with E-state index in [4.69, 9.17) is 12.2 Å². The van der Waals surface area contributed by atoms with Crippen LogP contribution >= 0.6 is 12.2 Å². The molecule has 0 bridgehead atoms. The van der Waals surface area contributed by atoms with Crippen LogP contribution in [0.25, 0.3) is 0 Å². The number of hydrogen-bond acceptors (Lipinski definition) is 1. The van der Waals surface area contributed by atoms with E-state index in [2.05, 4.69) is 89.1 Å². The maximum atomic E-state index is 5.72. The van der Waals surface area contributed by atoms with Gasteiger partial charge >= 0.3 is 0 Å². The van der Waals surface area contributed by atoms with Crippen LogP contribution in [0.1, 0.15) is 16.7 Å². The van der Waals surface area contributed by atoms with E-state index in [1.54, 1.807) is 0 Å². The van der Waals surface area contributed by atoms with Crippen molar-refractivity contribution >= 4 is 17.3 Å². The number of nitrogens with zero attached hydrogens (tertiary/aromatic N) is 1. The topological polar surface area (TPSA) is 15.3 Å². The summed E-state index contributed by atoms with van der Waals surface area (Å²) in [7, 11) is 0. The van der Waals surface area contributed by atoms with Crippen molar-refractivity contribution in [3.63, 3.8) is 0 Å². The Labute approximate surface area is 167 Å². The maximum absolute atomic E-state index is 5.72. The van der Waals surface area contributed by atoms with Crippen molar-refractivity contribution in [2.24, 2.45) is 0 Å². The van der Waals surface area contributed by atoms with Gasteiger partial charge in [-0.1, -0.05) is 91.0 Å². The summed E-state index contributed by atoms with van der Waals surface area (Å²) < 4.78 is 0. The van der Waals surface area contributed by atoms with Crippen LogP contribution in [0, 0.1) is 0 Å². The van der Waals surface area contributed by atoms with E-state index >= 15 is 0 Å². The molecule has 0 fully saturated rings. The molecule has 3 rings (SSSR count). The van der Waals surface area contributed by atoms with Gasteiger partial charge in [-0.05, 0) is 41.7 Å². The lowest BCUT2D eigenvalue weighted by molar-refractivity contribution is 0.409. The third kappa shape index (κ3) is 6.54. The summed E-state index contributed by atoms with van der Waals surface area (Å²) >= 11 is 5.72. The normalized spacial score (nSPS) is 10.4. The molecule has 0 spiro atoms. The fourth-order valence-electron chi connectivity index (χ4n) is 3.04. The Bertz CT molecular complexity index is 804. The first-order chi connectivity index (χ1) is 13.3. The van der Waals surface area contributed by atoms with Gasteiger partial charge in [0.25, 0.3) is 0 Å². The fourth-order valence-corrected chi connectivity index (χ4v) is 3.29. The van der Waals surface area contributed by atoms with E-state index in [-0.39, 0.29) is 0 Å². The van der Waals surface area contributed by atoms with E-state index < -0.39 is 0 Å². The predicted octanol–water partition coefficient (Wildman–Crippen LogP) is 4.85. The van der Waals surface area contributed by atoms with Gasteiger partial charge in [-0.25, -0.2) is 0 Å². The van der Waals surface area contributed by atoms with Crippen molar-refractivity contribution in [2.45, 2.75) is 19.4 Å². The molecule has 27 heavy (non-hydrogen) atoms. The minimum absolute atomic E-state index is 0.824. The summed E-state index contributed by atoms with van der Waals surface area (Å²) in [6.07, 6.45) is 1.95. The summed E-state index contributed by atoms with van der Waals surface area (Å²) in [4.78, 5) is 2.27. The highest BCUT2D eigenvalue weighted by atomic mass is 32.1. The second kappa shape index (κ2) is 10.5. The molecule has 3 heteroatoms. The monoisotopic (exact) mass is 374 g/mol. The smallest absolute Gasteiger partial charge is 0.169 e. The lowest BCUT2D eigenvalue weighted by Crippen LogP contribution is -2.41. The Balaban J connectivity index is 1.58. The van der Waals surface area contributed by atoms with Gasteiger partial charge in [-0.3, -0.25) is 0 Å². The summed E-state index contributed by atoms with van der Waals surface area (Å²) in [5.74, 6) is 0. The van der Waals surface area contributed by atoms with Gasteiger partial charge in [0, 0.05) is 19.6 Å². The minimum Gasteiger partial charge on any atom is -0.362 e. The zero-order chi connectivity index (χ0) is 18.7. The molecule has 3 aromatic rings. The van der Waals surface area contributed by atoms with E-state index in [1.807, 2.05) is 12.1 Å². The molecule has 0 unspecified atom stereocenters. The highest BCUT2D eigenvalue weighted by molar-refractivity contribution is 7.80. The van der Waals surface area contributed by atoms with Gasteiger partial charge in [0.15, 0.2) is 5.11 Å². The average molecular weight is 375 g/mol. The van der Waals surface area contributed by atoms with E-state index in [0.717, 1.165) is 37.6 Å². The van der Waals surface area contributed by atoms with Crippen molar-refractivity contribution in [1.82, 2.24) is 10.2 Å². The zero-order valence-electron chi connectivity index (χ0n) is 15.6. The standard InChI is InChI=1S/C24H26N2S/c27-24(25-18-16-21-10-4-1-5-11-21)26(20-23-14-8-3-9-15-23)19-17-22-12-6-2-7-13-22/h1-15H,16-20H2,(H,25,27). The Kier molecular flexibility index (Phi) is 7.43. The first kappa shape index (κ1) is 19.1. The molecule has 1 N–H and O–H groups in total.